The molecule has 0 aliphatic carbocycles. The molecular formula is C16H16F4O4S. The first-order valence-corrected chi connectivity index (χ1v) is 9.51. The lowest BCUT2D eigenvalue weighted by atomic mass is 9.84. The first-order chi connectivity index (χ1) is 11.6. The maximum Gasteiger partial charge on any atom is 0.573 e. The first kappa shape index (κ1) is 18.2. The highest BCUT2D eigenvalue weighted by Crippen LogP contribution is 2.41. The Morgan fingerprint density at radius 3 is 2.28 bits per heavy atom. The number of ether oxygens (including phenoxy) is 1. The zero-order valence-corrected chi connectivity index (χ0v) is 13.9. The number of rotatable bonds is 3. The standard InChI is InChI=1S/C16H16F4O4S/c17-14-5-4-10(24-16(18,19)20)8-13(14)15(21)9-6-11-2-1-3-12(7-9)25(11,22)23/h4-5,8-9,11-12H,1-3,6-7H2. The van der Waals surface area contributed by atoms with E-state index in [2.05, 4.69) is 4.74 Å². The topological polar surface area (TPSA) is 60.4 Å². The van der Waals surface area contributed by atoms with Crippen LogP contribution in [0.25, 0.3) is 0 Å². The number of fused-ring (bicyclic) bond motifs is 2. The van der Waals surface area contributed by atoms with Crippen molar-refractivity contribution in [3.8, 4) is 5.75 Å². The fraction of sp³-hybridized carbons (Fsp3) is 0.562. The number of Topliss-reactive ketones (excluding diaryl/α,β-unsaturated/α-hetero) is 1. The Hall–Kier alpha value is -1.64. The largest absolute Gasteiger partial charge is 0.573 e. The molecule has 0 amide bonds. The quantitative estimate of drug-likeness (QED) is 0.593. The molecule has 2 fully saturated rings. The van der Waals surface area contributed by atoms with E-state index in [1.807, 2.05) is 0 Å². The number of hydrogen-bond acceptors (Lipinski definition) is 4. The van der Waals surface area contributed by atoms with Gasteiger partial charge in [-0.15, -0.1) is 13.2 Å². The summed E-state index contributed by atoms with van der Waals surface area (Å²) in [5.41, 5.74) is -0.496. The van der Waals surface area contributed by atoms with Crippen LogP contribution in [0.1, 0.15) is 42.5 Å². The monoisotopic (exact) mass is 380 g/mol. The summed E-state index contributed by atoms with van der Waals surface area (Å²) in [6.45, 7) is 0. The van der Waals surface area contributed by atoms with Gasteiger partial charge in [0.2, 0.25) is 0 Å². The van der Waals surface area contributed by atoms with E-state index in [-0.39, 0.29) is 12.8 Å². The summed E-state index contributed by atoms with van der Waals surface area (Å²) in [4.78, 5) is 12.6. The summed E-state index contributed by atoms with van der Waals surface area (Å²) in [6, 6.07) is 2.26. The molecule has 2 saturated heterocycles. The summed E-state index contributed by atoms with van der Waals surface area (Å²) in [5, 5.41) is -1.27. The van der Waals surface area contributed by atoms with E-state index in [4.69, 9.17) is 0 Å². The van der Waals surface area contributed by atoms with Gasteiger partial charge in [-0.3, -0.25) is 4.79 Å². The summed E-state index contributed by atoms with van der Waals surface area (Å²) in [6.07, 6.45) is -3.10. The van der Waals surface area contributed by atoms with Crippen molar-refractivity contribution in [2.24, 2.45) is 5.92 Å². The van der Waals surface area contributed by atoms with Crippen molar-refractivity contribution in [1.82, 2.24) is 0 Å². The van der Waals surface area contributed by atoms with E-state index >= 15 is 0 Å². The van der Waals surface area contributed by atoms with Crippen molar-refractivity contribution in [3.63, 3.8) is 0 Å². The van der Waals surface area contributed by atoms with Gasteiger partial charge in [0.1, 0.15) is 11.6 Å². The molecule has 25 heavy (non-hydrogen) atoms. The van der Waals surface area contributed by atoms with Crippen LogP contribution in [0.5, 0.6) is 5.75 Å². The Morgan fingerprint density at radius 1 is 1.12 bits per heavy atom. The lowest BCUT2D eigenvalue weighted by Crippen LogP contribution is -2.45. The molecule has 9 heteroatoms. The number of halogens is 4. The molecule has 0 saturated carbocycles. The van der Waals surface area contributed by atoms with E-state index in [1.165, 1.54) is 0 Å². The number of ketones is 1. The van der Waals surface area contributed by atoms with Crippen molar-refractivity contribution < 1.29 is 35.5 Å². The van der Waals surface area contributed by atoms with Gasteiger partial charge in [-0.25, -0.2) is 12.8 Å². The molecule has 1 aromatic carbocycles. The molecule has 2 bridgehead atoms. The third-order valence-electron chi connectivity index (χ3n) is 4.88. The third-order valence-corrected chi connectivity index (χ3v) is 7.60. The van der Waals surface area contributed by atoms with E-state index in [9.17, 15) is 30.8 Å². The highest BCUT2D eigenvalue weighted by molar-refractivity contribution is 7.92. The molecule has 0 spiro atoms. The molecule has 2 unspecified atom stereocenters. The van der Waals surface area contributed by atoms with Crippen LogP contribution < -0.4 is 4.74 Å². The highest BCUT2D eigenvalue weighted by Gasteiger charge is 2.46. The second-order valence-corrected chi connectivity index (χ2v) is 9.00. The van der Waals surface area contributed by atoms with Crippen LogP contribution in [0.15, 0.2) is 18.2 Å². The van der Waals surface area contributed by atoms with Crippen molar-refractivity contribution in [2.75, 3.05) is 0 Å². The maximum absolute atomic E-state index is 14.0. The Kier molecular flexibility index (Phi) is 4.55. The van der Waals surface area contributed by atoms with Crippen LogP contribution in [0, 0.1) is 11.7 Å². The van der Waals surface area contributed by atoms with Gasteiger partial charge in [0, 0.05) is 5.92 Å². The summed E-state index contributed by atoms with van der Waals surface area (Å²) in [7, 11) is -3.28. The summed E-state index contributed by atoms with van der Waals surface area (Å²) in [5.74, 6) is -3.01. The van der Waals surface area contributed by atoms with E-state index in [0.29, 0.717) is 12.8 Å². The van der Waals surface area contributed by atoms with Crippen LogP contribution in [0.3, 0.4) is 0 Å². The number of hydrogen-bond donors (Lipinski definition) is 0. The van der Waals surface area contributed by atoms with Gasteiger partial charge in [-0.05, 0) is 43.9 Å². The van der Waals surface area contributed by atoms with Crippen LogP contribution >= 0.6 is 0 Å². The van der Waals surface area contributed by atoms with Crippen LogP contribution in [-0.2, 0) is 9.84 Å². The maximum atomic E-state index is 14.0. The second kappa shape index (κ2) is 6.26. The van der Waals surface area contributed by atoms with Crippen molar-refractivity contribution in [3.05, 3.63) is 29.6 Å². The summed E-state index contributed by atoms with van der Waals surface area (Å²) >= 11 is 0. The molecule has 1 aromatic rings. The van der Waals surface area contributed by atoms with E-state index in [1.54, 1.807) is 0 Å². The van der Waals surface area contributed by atoms with Crippen molar-refractivity contribution >= 4 is 15.6 Å². The molecule has 138 valence electrons. The van der Waals surface area contributed by atoms with Gasteiger partial charge in [-0.2, -0.15) is 0 Å². The Labute approximate surface area is 142 Å². The fourth-order valence-corrected chi connectivity index (χ4v) is 6.27. The fourth-order valence-electron chi connectivity index (χ4n) is 3.73. The summed E-state index contributed by atoms with van der Waals surface area (Å²) < 4.78 is 79.1. The van der Waals surface area contributed by atoms with Gasteiger partial charge in [0.05, 0.1) is 16.1 Å². The number of carbonyl (C=O) groups excluding carboxylic acids is 1. The van der Waals surface area contributed by atoms with Crippen LogP contribution in [0.4, 0.5) is 17.6 Å². The number of sulfone groups is 1. The van der Waals surface area contributed by atoms with E-state index in [0.717, 1.165) is 24.6 Å². The van der Waals surface area contributed by atoms with Crippen molar-refractivity contribution in [2.45, 2.75) is 49.0 Å². The Balaban J connectivity index is 1.85. The molecule has 4 nitrogen and oxygen atoms in total. The van der Waals surface area contributed by atoms with Crippen LogP contribution in [-0.4, -0.2) is 31.1 Å². The van der Waals surface area contributed by atoms with Gasteiger partial charge in [0.25, 0.3) is 0 Å². The van der Waals surface area contributed by atoms with Gasteiger partial charge >= 0.3 is 6.36 Å². The normalized spacial score (nSPS) is 28.4. The second-order valence-electron chi connectivity index (χ2n) is 6.49. The van der Waals surface area contributed by atoms with Crippen LogP contribution in [0.2, 0.25) is 0 Å². The van der Waals surface area contributed by atoms with Gasteiger partial charge in [0.15, 0.2) is 15.6 Å². The van der Waals surface area contributed by atoms with E-state index < -0.39 is 55.5 Å². The smallest absolute Gasteiger partial charge is 0.406 e. The predicted molar refractivity (Wildman–Crippen MR) is 80.5 cm³/mol. The Morgan fingerprint density at radius 2 is 1.72 bits per heavy atom. The molecule has 3 rings (SSSR count). The molecule has 2 atom stereocenters. The third kappa shape index (κ3) is 3.65. The minimum atomic E-state index is -4.95. The lowest BCUT2D eigenvalue weighted by Gasteiger charge is -2.38. The molecule has 0 aromatic heterocycles. The molecule has 2 aliphatic rings. The SMILES string of the molecule is O=C(c1cc(OC(F)(F)F)ccc1F)C1CC2CCCC(C1)S2(=O)=O. The molecule has 2 aliphatic heterocycles. The predicted octanol–water partition coefficient (Wildman–Crippen LogP) is 3.65. The average molecular weight is 380 g/mol. The molecule has 0 N–H and O–H groups in total. The molecule has 0 radical (unpaired) electrons. The lowest BCUT2D eigenvalue weighted by molar-refractivity contribution is -0.274. The zero-order chi connectivity index (χ0) is 18.4. The Bertz CT molecular complexity index is 768. The molecule has 2 heterocycles. The van der Waals surface area contributed by atoms with Gasteiger partial charge < -0.3 is 4.74 Å². The highest BCUT2D eigenvalue weighted by atomic mass is 32.2. The number of alkyl halides is 3. The minimum absolute atomic E-state index is 0.0848. The average Bonchev–Trinajstić information content (AvgIpc) is 2.46. The van der Waals surface area contributed by atoms with Gasteiger partial charge in [-0.1, -0.05) is 6.42 Å². The van der Waals surface area contributed by atoms with Crippen molar-refractivity contribution in [1.29, 1.82) is 0 Å². The minimum Gasteiger partial charge on any atom is -0.406 e. The molecular weight excluding hydrogens is 364 g/mol. The number of benzene rings is 1. The first-order valence-electron chi connectivity index (χ1n) is 7.90. The number of carbonyl (C=O) groups is 1. The zero-order valence-electron chi connectivity index (χ0n) is 13.1.